The van der Waals surface area contributed by atoms with E-state index in [2.05, 4.69) is 20.2 Å². The lowest BCUT2D eigenvalue weighted by Gasteiger charge is -2.27. The first-order valence-electron chi connectivity index (χ1n) is 9.79. The number of cyclic esters (lactones) is 1. The van der Waals surface area contributed by atoms with Crippen LogP contribution in [0.5, 0.6) is 0 Å². The number of piperazine rings is 1. The predicted molar refractivity (Wildman–Crippen MR) is 116 cm³/mol. The van der Waals surface area contributed by atoms with E-state index in [0.717, 1.165) is 26.2 Å². The van der Waals surface area contributed by atoms with E-state index in [9.17, 15) is 14.0 Å². The second-order valence-corrected chi connectivity index (χ2v) is 7.40. The summed E-state index contributed by atoms with van der Waals surface area (Å²) in [5.74, 6) is -1.08. The van der Waals surface area contributed by atoms with Crippen LogP contribution in [-0.4, -0.2) is 60.8 Å². The van der Waals surface area contributed by atoms with E-state index < -0.39 is 29.8 Å². The molecule has 166 valence electrons. The minimum absolute atomic E-state index is 0. The Balaban J connectivity index is 0.00000272. The third kappa shape index (κ3) is 4.70. The number of hydrogen-bond acceptors (Lipinski definition) is 7. The average molecular weight is 451 g/mol. The summed E-state index contributed by atoms with van der Waals surface area (Å²) in [6.45, 7) is 5.12. The van der Waals surface area contributed by atoms with E-state index >= 15 is 0 Å². The molecule has 3 N–H and O–H groups in total. The molecule has 2 saturated heterocycles. The van der Waals surface area contributed by atoms with Crippen LogP contribution in [0.15, 0.2) is 30.6 Å². The molecular formula is C20H24ClFN6O3. The van der Waals surface area contributed by atoms with E-state index in [1.807, 2.05) is 0 Å². The number of benzene rings is 1. The molecule has 0 bridgehead atoms. The summed E-state index contributed by atoms with van der Waals surface area (Å²) in [5, 5.41) is 3.27. The van der Waals surface area contributed by atoms with Crippen LogP contribution >= 0.6 is 12.4 Å². The quantitative estimate of drug-likeness (QED) is 0.710. The maximum absolute atomic E-state index is 14.8. The van der Waals surface area contributed by atoms with Crippen LogP contribution in [0.1, 0.15) is 6.92 Å². The Bertz CT molecular complexity index is 954. The monoisotopic (exact) mass is 450 g/mol. The lowest BCUT2D eigenvalue weighted by molar-refractivity contribution is -0.123. The first kappa shape index (κ1) is 22.7. The molecule has 1 aromatic heterocycles. The first-order valence-corrected chi connectivity index (χ1v) is 9.79. The molecule has 0 radical (unpaired) electrons. The second kappa shape index (κ2) is 9.44. The van der Waals surface area contributed by atoms with Crippen molar-refractivity contribution in [1.29, 1.82) is 0 Å². The van der Waals surface area contributed by atoms with Gasteiger partial charge in [-0.2, -0.15) is 0 Å². The van der Waals surface area contributed by atoms with Crippen LogP contribution < -0.4 is 20.9 Å². The molecule has 9 nitrogen and oxygen atoms in total. The fourth-order valence-electron chi connectivity index (χ4n) is 3.53. The Morgan fingerprint density at radius 3 is 2.58 bits per heavy atom. The molecule has 3 heterocycles. The molecule has 1 aromatic carbocycles. The zero-order valence-electron chi connectivity index (χ0n) is 17.0. The zero-order chi connectivity index (χ0) is 21.3. The van der Waals surface area contributed by atoms with Gasteiger partial charge in [0.15, 0.2) is 0 Å². The van der Waals surface area contributed by atoms with Gasteiger partial charge in [0.05, 0.1) is 18.2 Å². The van der Waals surface area contributed by atoms with E-state index in [4.69, 9.17) is 10.5 Å². The Kier molecular flexibility index (Phi) is 6.91. The highest BCUT2D eigenvalue weighted by Crippen LogP contribution is 2.30. The number of rotatable bonds is 5. The maximum Gasteiger partial charge on any atom is 0.414 e. The number of hydrogen-bond donors (Lipinski definition) is 2. The number of anilines is 2. The molecule has 2 aromatic rings. The first-order chi connectivity index (χ1) is 14.4. The number of nitrogens with one attached hydrogen (secondary N) is 1. The van der Waals surface area contributed by atoms with Crippen molar-refractivity contribution in [2.75, 3.05) is 42.5 Å². The van der Waals surface area contributed by atoms with Crippen molar-refractivity contribution in [3.63, 3.8) is 0 Å². The van der Waals surface area contributed by atoms with Crippen molar-refractivity contribution >= 4 is 36.0 Å². The predicted octanol–water partition coefficient (Wildman–Crippen LogP) is 1.56. The SMILES string of the molecule is CC(C(N)=O)C1CN(c2ccc(-c3cnc(N4CCNCC4)nc3)c(F)c2)C(=O)O1.Cl. The number of carbonyl (C=O) groups is 2. The Morgan fingerprint density at radius 2 is 1.97 bits per heavy atom. The fraction of sp³-hybridized carbons (Fsp3) is 0.400. The number of nitrogens with zero attached hydrogens (tertiary/aromatic N) is 4. The van der Waals surface area contributed by atoms with Gasteiger partial charge in [-0.1, -0.05) is 0 Å². The van der Waals surface area contributed by atoms with E-state index in [1.54, 1.807) is 31.5 Å². The van der Waals surface area contributed by atoms with Crippen molar-refractivity contribution in [2.24, 2.45) is 11.7 Å². The number of carbonyl (C=O) groups excluding carboxylic acids is 2. The highest BCUT2D eigenvalue weighted by atomic mass is 35.5. The number of nitrogens with two attached hydrogens (primary N) is 1. The van der Waals surface area contributed by atoms with Crippen molar-refractivity contribution in [2.45, 2.75) is 13.0 Å². The summed E-state index contributed by atoms with van der Waals surface area (Å²) in [6.07, 6.45) is 1.89. The summed E-state index contributed by atoms with van der Waals surface area (Å²) >= 11 is 0. The van der Waals surface area contributed by atoms with Gasteiger partial charge in [0, 0.05) is 49.7 Å². The molecule has 11 heteroatoms. The van der Waals surface area contributed by atoms with Gasteiger partial charge in [0.2, 0.25) is 11.9 Å². The zero-order valence-corrected chi connectivity index (χ0v) is 17.8. The molecule has 31 heavy (non-hydrogen) atoms. The minimum Gasteiger partial charge on any atom is -0.443 e. The molecule has 2 aliphatic heterocycles. The molecule has 2 atom stereocenters. The van der Waals surface area contributed by atoms with E-state index in [-0.39, 0.29) is 19.0 Å². The van der Waals surface area contributed by atoms with E-state index in [0.29, 0.717) is 22.8 Å². The van der Waals surface area contributed by atoms with Gasteiger partial charge in [-0.3, -0.25) is 9.69 Å². The van der Waals surface area contributed by atoms with Crippen molar-refractivity contribution in [3.05, 3.63) is 36.4 Å². The summed E-state index contributed by atoms with van der Waals surface area (Å²) < 4.78 is 20.0. The number of amides is 2. The lowest BCUT2D eigenvalue weighted by atomic mass is 10.0. The topological polar surface area (TPSA) is 114 Å². The normalized spacial score (nSPS) is 19.5. The third-order valence-corrected chi connectivity index (χ3v) is 5.45. The Hall–Kier alpha value is -2.98. The second-order valence-electron chi connectivity index (χ2n) is 7.40. The van der Waals surface area contributed by atoms with Crippen molar-refractivity contribution in [1.82, 2.24) is 15.3 Å². The highest BCUT2D eigenvalue weighted by Gasteiger charge is 2.37. The fourth-order valence-corrected chi connectivity index (χ4v) is 3.53. The van der Waals surface area contributed by atoms with Gasteiger partial charge in [-0.25, -0.2) is 19.2 Å². The molecular weight excluding hydrogens is 427 g/mol. The van der Waals surface area contributed by atoms with Gasteiger partial charge in [0.1, 0.15) is 11.9 Å². The van der Waals surface area contributed by atoms with Gasteiger partial charge >= 0.3 is 6.09 Å². The molecule has 2 aliphatic rings. The van der Waals surface area contributed by atoms with Crippen LogP contribution in [0, 0.1) is 11.7 Å². The lowest BCUT2D eigenvalue weighted by Crippen LogP contribution is -2.44. The van der Waals surface area contributed by atoms with Gasteiger partial charge < -0.3 is 20.7 Å². The van der Waals surface area contributed by atoms with Crippen LogP contribution in [0.3, 0.4) is 0 Å². The minimum atomic E-state index is -0.663. The van der Waals surface area contributed by atoms with Crippen LogP contribution in [0.25, 0.3) is 11.1 Å². The number of ether oxygens (including phenoxy) is 1. The molecule has 2 amide bonds. The molecule has 0 spiro atoms. The molecule has 0 aliphatic carbocycles. The van der Waals surface area contributed by atoms with Crippen LogP contribution in [-0.2, 0) is 9.53 Å². The third-order valence-electron chi connectivity index (χ3n) is 5.45. The molecule has 2 fully saturated rings. The molecule has 4 rings (SSSR count). The summed E-state index contributed by atoms with van der Waals surface area (Å²) in [4.78, 5) is 35.6. The largest absolute Gasteiger partial charge is 0.443 e. The van der Waals surface area contributed by atoms with Gasteiger partial charge in [-0.05, 0) is 25.1 Å². The molecule has 2 unspecified atom stereocenters. The van der Waals surface area contributed by atoms with Crippen LogP contribution in [0.4, 0.5) is 20.8 Å². The van der Waals surface area contributed by atoms with Crippen LogP contribution in [0.2, 0.25) is 0 Å². The van der Waals surface area contributed by atoms with Gasteiger partial charge in [-0.15, -0.1) is 12.4 Å². The highest BCUT2D eigenvalue weighted by molar-refractivity contribution is 5.91. The van der Waals surface area contributed by atoms with Crippen molar-refractivity contribution < 1.29 is 18.7 Å². The van der Waals surface area contributed by atoms with Gasteiger partial charge in [0.25, 0.3) is 0 Å². The van der Waals surface area contributed by atoms with E-state index in [1.165, 1.54) is 11.0 Å². The average Bonchev–Trinajstić information content (AvgIpc) is 3.15. The standard InChI is InChI=1S/C20H23FN6O3.ClH/c1-12(18(22)28)17-11-27(20(29)30-17)14-2-3-15(16(21)8-14)13-9-24-19(25-10-13)26-6-4-23-5-7-26;/h2-3,8-10,12,17,23H,4-7,11H2,1H3,(H2,22,28);1H. The Morgan fingerprint density at radius 1 is 1.29 bits per heavy atom. The summed E-state index contributed by atoms with van der Waals surface area (Å²) in [7, 11) is 0. The number of halogens is 2. The Labute approximate surface area is 185 Å². The number of primary amides is 1. The number of aromatic nitrogens is 2. The molecule has 0 saturated carbocycles. The maximum atomic E-state index is 14.8. The van der Waals surface area contributed by atoms with Crippen molar-refractivity contribution in [3.8, 4) is 11.1 Å². The smallest absolute Gasteiger partial charge is 0.414 e. The summed E-state index contributed by atoms with van der Waals surface area (Å²) in [6, 6.07) is 4.46. The summed E-state index contributed by atoms with van der Waals surface area (Å²) in [5.41, 5.74) is 6.51.